The SMILES string of the molecule is CCC(N)Cc1cccc(F)c1Oc1ccccc1Br. The molecule has 2 aromatic rings. The standard InChI is InChI=1S/C16H17BrFNO/c1-2-12(19)10-11-6-5-8-14(18)16(11)20-15-9-4-3-7-13(15)17/h3-9,12H,2,10,19H2,1H3. The first kappa shape index (κ1) is 15.0. The highest BCUT2D eigenvalue weighted by Crippen LogP contribution is 2.33. The van der Waals surface area contributed by atoms with Crippen molar-refractivity contribution in [3.05, 3.63) is 58.3 Å². The summed E-state index contributed by atoms with van der Waals surface area (Å²) in [5, 5.41) is 0. The first-order valence-electron chi connectivity index (χ1n) is 6.57. The minimum atomic E-state index is -0.374. The van der Waals surface area contributed by atoms with Gasteiger partial charge in [-0.25, -0.2) is 4.39 Å². The Morgan fingerprint density at radius 2 is 1.95 bits per heavy atom. The number of rotatable bonds is 5. The molecule has 2 aromatic carbocycles. The lowest BCUT2D eigenvalue weighted by Gasteiger charge is -2.15. The van der Waals surface area contributed by atoms with Crippen molar-refractivity contribution in [1.82, 2.24) is 0 Å². The number of halogens is 2. The molecule has 1 atom stereocenters. The van der Waals surface area contributed by atoms with Crippen LogP contribution in [0.3, 0.4) is 0 Å². The van der Waals surface area contributed by atoms with Gasteiger partial charge in [-0.3, -0.25) is 0 Å². The van der Waals surface area contributed by atoms with Crippen molar-refractivity contribution < 1.29 is 9.13 Å². The average molecular weight is 338 g/mol. The molecule has 0 spiro atoms. The molecule has 0 radical (unpaired) electrons. The molecule has 1 unspecified atom stereocenters. The Morgan fingerprint density at radius 3 is 2.65 bits per heavy atom. The van der Waals surface area contributed by atoms with E-state index in [1.807, 2.05) is 31.2 Å². The molecule has 0 bridgehead atoms. The number of hydrogen-bond acceptors (Lipinski definition) is 2. The molecular weight excluding hydrogens is 321 g/mol. The van der Waals surface area contributed by atoms with Crippen molar-refractivity contribution >= 4 is 15.9 Å². The smallest absolute Gasteiger partial charge is 0.166 e. The second-order valence-corrected chi connectivity index (χ2v) is 5.49. The zero-order chi connectivity index (χ0) is 14.5. The fourth-order valence-electron chi connectivity index (χ4n) is 1.89. The number of para-hydroxylation sites is 2. The van der Waals surface area contributed by atoms with Crippen LogP contribution in [0.15, 0.2) is 46.9 Å². The highest BCUT2D eigenvalue weighted by Gasteiger charge is 2.14. The predicted octanol–water partition coefficient (Wildman–Crippen LogP) is 4.66. The van der Waals surface area contributed by atoms with Crippen LogP contribution in [0, 0.1) is 5.82 Å². The molecule has 2 rings (SSSR count). The largest absolute Gasteiger partial charge is 0.453 e. The van der Waals surface area contributed by atoms with Crippen molar-refractivity contribution in [3.8, 4) is 11.5 Å². The Labute approximate surface area is 126 Å². The van der Waals surface area contributed by atoms with E-state index < -0.39 is 0 Å². The van der Waals surface area contributed by atoms with Gasteiger partial charge < -0.3 is 10.5 Å². The minimum Gasteiger partial charge on any atom is -0.453 e. The third-order valence-corrected chi connectivity index (χ3v) is 3.76. The lowest BCUT2D eigenvalue weighted by Crippen LogP contribution is -2.21. The van der Waals surface area contributed by atoms with Crippen LogP contribution in [-0.4, -0.2) is 6.04 Å². The van der Waals surface area contributed by atoms with Gasteiger partial charge in [-0.2, -0.15) is 0 Å². The highest BCUT2D eigenvalue weighted by atomic mass is 79.9. The number of ether oxygens (including phenoxy) is 1. The lowest BCUT2D eigenvalue weighted by molar-refractivity contribution is 0.431. The van der Waals surface area contributed by atoms with Crippen LogP contribution in [0.4, 0.5) is 4.39 Å². The number of benzene rings is 2. The summed E-state index contributed by atoms with van der Waals surface area (Å²) in [5.74, 6) is 0.466. The first-order valence-corrected chi connectivity index (χ1v) is 7.36. The molecule has 2 N–H and O–H groups in total. The van der Waals surface area contributed by atoms with Crippen LogP contribution in [0.25, 0.3) is 0 Å². The maximum absolute atomic E-state index is 14.0. The molecule has 0 fully saturated rings. The van der Waals surface area contributed by atoms with Gasteiger partial charge in [-0.15, -0.1) is 0 Å². The van der Waals surface area contributed by atoms with E-state index in [0.717, 1.165) is 16.5 Å². The van der Waals surface area contributed by atoms with Crippen molar-refractivity contribution in [2.75, 3.05) is 0 Å². The van der Waals surface area contributed by atoms with Crippen LogP contribution in [0.5, 0.6) is 11.5 Å². The highest BCUT2D eigenvalue weighted by molar-refractivity contribution is 9.10. The van der Waals surface area contributed by atoms with Crippen molar-refractivity contribution in [2.24, 2.45) is 5.73 Å². The molecule has 0 amide bonds. The van der Waals surface area contributed by atoms with E-state index in [1.165, 1.54) is 6.07 Å². The van der Waals surface area contributed by atoms with E-state index in [0.29, 0.717) is 12.2 Å². The minimum absolute atomic E-state index is 0.00151. The zero-order valence-electron chi connectivity index (χ0n) is 11.3. The van der Waals surface area contributed by atoms with E-state index in [4.69, 9.17) is 10.5 Å². The molecule has 0 aromatic heterocycles. The van der Waals surface area contributed by atoms with E-state index >= 15 is 0 Å². The second-order valence-electron chi connectivity index (χ2n) is 4.63. The molecule has 106 valence electrons. The molecule has 0 heterocycles. The monoisotopic (exact) mass is 337 g/mol. The van der Waals surface area contributed by atoms with E-state index in [9.17, 15) is 4.39 Å². The Balaban J connectivity index is 2.33. The summed E-state index contributed by atoms with van der Waals surface area (Å²) in [6.45, 7) is 2.01. The third kappa shape index (κ3) is 3.58. The first-order chi connectivity index (χ1) is 9.61. The molecule has 0 aliphatic heterocycles. The van der Waals surface area contributed by atoms with E-state index in [1.54, 1.807) is 12.1 Å². The lowest BCUT2D eigenvalue weighted by atomic mass is 10.0. The summed E-state index contributed by atoms with van der Waals surface area (Å²) in [7, 11) is 0. The molecule has 4 heteroatoms. The molecular formula is C16H17BrFNO. The summed E-state index contributed by atoms with van der Waals surface area (Å²) >= 11 is 3.40. The van der Waals surface area contributed by atoms with Gasteiger partial charge in [0.05, 0.1) is 4.47 Å². The summed E-state index contributed by atoms with van der Waals surface area (Å²) < 4.78 is 20.6. The molecule has 0 saturated carbocycles. The van der Waals surface area contributed by atoms with Gasteiger partial charge in [-0.05, 0) is 52.5 Å². The van der Waals surface area contributed by atoms with Crippen LogP contribution in [-0.2, 0) is 6.42 Å². The van der Waals surface area contributed by atoms with Gasteiger partial charge in [0, 0.05) is 6.04 Å². The summed E-state index contributed by atoms with van der Waals surface area (Å²) in [6.07, 6.45) is 1.43. The second kappa shape index (κ2) is 6.86. The van der Waals surface area contributed by atoms with E-state index in [-0.39, 0.29) is 17.6 Å². The summed E-state index contributed by atoms with van der Waals surface area (Å²) in [6, 6.07) is 12.3. The molecule has 0 aliphatic rings. The summed E-state index contributed by atoms with van der Waals surface area (Å²) in [4.78, 5) is 0. The molecule has 2 nitrogen and oxygen atoms in total. The Morgan fingerprint density at radius 1 is 1.20 bits per heavy atom. The normalized spacial score (nSPS) is 12.2. The maximum atomic E-state index is 14.0. The Bertz CT molecular complexity index is 588. The quantitative estimate of drug-likeness (QED) is 0.861. The van der Waals surface area contributed by atoms with Crippen LogP contribution in [0.2, 0.25) is 0 Å². The fourth-order valence-corrected chi connectivity index (χ4v) is 2.26. The fraction of sp³-hybridized carbons (Fsp3) is 0.250. The van der Waals surface area contributed by atoms with E-state index in [2.05, 4.69) is 15.9 Å². The van der Waals surface area contributed by atoms with Gasteiger partial charge in [0.25, 0.3) is 0 Å². The zero-order valence-corrected chi connectivity index (χ0v) is 12.9. The van der Waals surface area contributed by atoms with Crippen molar-refractivity contribution in [3.63, 3.8) is 0 Å². The van der Waals surface area contributed by atoms with Crippen LogP contribution >= 0.6 is 15.9 Å². The topological polar surface area (TPSA) is 35.2 Å². The molecule has 0 aliphatic carbocycles. The van der Waals surface area contributed by atoms with Crippen molar-refractivity contribution in [1.29, 1.82) is 0 Å². The Hall–Kier alpha value is -1.39. The number of hydrogen-bond donors (Lipinski definition) is 1. The Kier molecular flexibility index (Phi) is 5.15. The van der Waals surface area contributed by atoms with Gasteiger partial charge in [0.15, 0.2) is 11.6 Å². The van der Waals surface area contributed by atoms with Crippen LogP contribution in [0.1, 0.15) is 18.9 Å². The van der Waals surface area contributed by atoms with Gasteiger partial charge >= 0.3 is 0 Å². The van der Waals surface area contributed by atoms with Crippen LogP contribution < -0.4 is 10.5 Å². The summed E-state index contributed by atoms with van der Waals surface area (Å²) in [5.41, 5.74) is 6.75. The molecule has 20 heavy (non-hydrogen) atoms. The predicted molar refractivity (Wildman–Crippen MR) is 82.6 cm³/mol. The van der Waals surface area contributed by atoms with Gasteiger partial charge in [0.2, 0.25) is 0 Å². The molecule has 0 saturated heterocycles. The van der Waals surface area contributed by atoms with Gasteiger partial charge in [-0.1, -0.05) is 31.2 Å². The van der Waals surface area contributed by atoms with Crippen molar-refractivity contribution in [2.45, 2.75) is 25.8 Å². The maximum Gasteiger partial charge on any atom is 0.166 e. The average Bonchev–Trinajstić information content (AvgIpc) is 2.44. The number of nitrogens with two attached hydrogens (primary N) is 1. The van der Waals surface area contributed by atoms with Gasteiger partial charge in [0.1, 0.15) is 5.75 Å². The third-order valence-electron chi connectivity index (χ3n) is 3.10.